The lowest BCUT2D eigenvalue weighted by atomic mass is 9.92. The van der Waals surface area contributed by atoms with E-state index in [-0.39, 0.29) is 28.6 Å². The molecule has 2 aliphatic rings. The van der Waals surface area contributed by atoms with Crippen molar-refractivity contribution < 1.29 is 27.1 Å². The summed E-state index contributed by atoms with van der Waals surface area (Å²) in [5.41, 5.74) is 0.367. The van der Waals surface area contributed by atoms with E-state index in [0.29, 0.717) is 10.6 Å². The highest BCUT2D eigenvalue weighted by molar-refractivity contribution is 7.93. The fraction of sp³-hybridized carbons (Fsp3) is 0.300. The van der Waals surface area contributed by atoms with Gasteiger partial charge in [0.15, 0.2) is 5.78 Å². The third-order valence-electron chi connectivity index (χ3n) is 5.64. The van der Waals surface area contributed by atoms with Crippen LogP contribution in [0.15, 0.2) is 41.3 Å². The summed E-state index contributed by atoms with van der Waals surface area (Å²) in [6.45, 7) is -0.0715. The SMILES string of the molecule is COc1cc(Cl)c(F)cc1CC1CN2C(=O)CC2(S(=O)(=O)c2ccc(Cl)cc2)C1=O. The van der Waals surface area contributed by atoms with Crippen LogP contribution in [0.2, 0.25) is 10.0 Å². The quantitative estimate of drug-likeness (QED) is 0.625. The Labute approximate surface area is 182 Å². The van der Waals surface area contributed by atoms with Crippen molar-refractivity contribution in [3.63, 3.8) is 0 Å². The highest BCUT2D eigenvalue weighted by atomic mass is 35.5. The van der Waals surface area contributed by atoms with Crippen LogP contribution in [0.1, 0.15) is 12.0 Å². The number of methoxy groups -OCH3 is 1. The topological polar surface area (TPSA) is 80.8 Å². The summed E-state index contributed by atoms with van der Waals surface area (Å²) in [6.07, 6.45) is -0.406. The average molecular weight is 472 g/mol. The maximum Gasteiger partial charge on any atom is 0.228 e. The molecule has 2 atom stereocenters. The molecule has 2 aromatic carbocycles. The number of hydrogen-bond donors (Lipinski definition) is 0. The molecule has 10 heteroatoms. The van der Waals surface area contributed by atoms with Gasteiger partial charge in [-0.05, 0) is 42.3 Å². The molecule has 0 radical (unpaired) electrons. The zero-order valence-corrected chi connectivity index (χ0v) is 18.0. The van der Waals surface area contributed by atoms with Gasteiger partial charge in [-0.2, -0.15) is 0 Å². The smallest absolute Gasteiger partial charge is 0.228 e. The number of carbonyl (C=O) groups excluding carboxylic acids is 2. The van der Waals surface area contributed by atoms with Gasteiger partial charge in [-0.25, -0.2) is 12.8 Å². The number of amides is 1. The van der Waals surface area contributed by atoms with Crippen LogP contribution in [0.25, 0.3) is 0 Å². The van der Waals surface area contributed by atoms with Crippen molar-refractivity contribution in [3.8, 4) is 5.75 Å². The number of hydrogen-bond acceptors (Lipinski definition) is 5. The Bertz CT molecular complexity index is 1170. The van der Waals surface area contributed by atoms with E-state index in [2.05, 4.69) is 0 Å². The Morgan fingerprint density at radius 2 is 1.87 bits per heavy atom. The van der Waals surface area contributed by atoms with Crippen LogP contribution in [-0.4, -0.2) is 43.5 Å². The summed E-state index contributed by atoms with van der Waals surface area (Å²) in [7, 11) is -2.80. The van der Waals surface area contributed by atoms with E-state index in [1.165, 1.54) is 37.4 Å². The van der Waals surface area contributed by atoms with E-state index in [9.17, 15) is 22.4 Å². The molecule has 158 valence electrons. The minimum absolute atomic E-state index is 0.0117. The molecule has 2 saturated heterocycles. The summed E-state index contributed by atoms with van der Waals surface area (Å²) in [5.74, 6) is -2.23. The van der Waals surface area contributed by atoms with Gasteiger partial charge in [0, 0.05) is 23.6 Å². The minimum atomic E-state index is -4.18. The summed E-state index contributed by atoms with van der Waals surface area (Å²) in [6, 6.07) is 7.90. The lowest BCUT2D eigenvalue weighted by Gasteiger charge is -2.44. The Hall–Kier alpha value is -2.16. The van der Waals surface area contributed by atoms with Crippen molar-refractivity contribution >= 4 is 44.7 Å². The number of carbonyl (C=O) groups is 2. The molecular formula is C20H16Cl2FNO5S. The molecule has 30 heavy (non-hydrogen) atoms. The summed E-state index contributed by atoms with van der Waals surface area (Å²) < 4.78 is 45.9. The van der Waals surface area contributed by atoms with Crippen LogP contribution in [-0.2, 0) is 25.8 Å². The van der Waals surface area contributed by atoms with Gasteiger partial charge in [0.2, 0.25) is 20.6 Å². The van der Waals surface area contributed by atoms with Gasteiger partial charge in [0.05, 0.1) is 23.4 Å². The lowest BCUT2D eigenvalue weighted by Crippen LogP contribution is -2.67. The fourth-order valence-corrected chi connectivity index (χ4v) is 6.50. The highest BCUT2D eigenvalue weighted by Crippen LogP contribution is 2.49. The number of halogens is 3. The summed E-state index contributed by atoms with van der Waals surface area (Å²) in [4.78, 5) is 24.6. The van der Waals surface area contributed by atoms with Gasteiger partial charge in [-0.15, -0.1) is 0 Å². The molecule has 0 N–H and O–H groups in total. The second kappa shape index (κ2) is 7.21. The Kier molecular flexibility index (Phi) is 5.07. The van der Waals surface area contributed by atoms with Crippen molar-refractivity contribution in [1.29, 1.82) is 0 Å². The Morgan fingerprint density at radius 1 is 1.20 bits per heavy atom. The number of fused-ring (bicyclic) bond motifs is 1. The van der Waals surface area contributed by atoms with E-state index in [1.54, 1.807) is 0 Å². The molecule has 0 saturated carbocycles. The van der Waals surface area contributed by atoms with Gasteiger partial charge in [0.25, 0.3) is 0 Å². The number of β-lactam (4-membered cyclic amide) rings is 1. The Balaban J connectivity index is 1.71. The predicted octanol–water partition coefficient (Wildman–Crippen LogP) is 3.29. The second-order valence-corrected chi connectivity index (χ2v) is 10.3. The average Bonchev–Trinajstić information content (AvgIpc) is 2.93. The number of ether oxygens (including phenoxy) is 1. The molecule has 6 nitrogen and oxygen atoms in total. The van der Waals surface area contributed by atoms with Crippen LogP contribution in [0.5, 0.6) is 5.75 Å². The van der Waals surface area contributed by atoms with Gasteiger partial charge in [-0.1, -0.05) is 23.2 Å². The standard InChI is InChI=1S/C20H16Cl2FNO5S/c1-29-17-8-15(22)16(23)7-11(17)6-12-10-24-18(25)9-20(24,19(12)26)30(27,28)14-4-2-13(21)3-5-14/h2-5,7-8,12H,6,9-10H2,1H3. The molecule has 2 heterocycles. The first-order chi connectivity index (χ1) is 14.1. The van der Waals surface area contributed by atoms with E-state index in [4.69, 9.17) is 27.9 Å². The van der Waals surface area contributed by atoms with Crippen molar-refractivity contribution in [2.45, 2.75) is 22.6 Å². The van der Waals surface area contributed by atoms with Crippen LogP contribution < -0.4 is 4.74 Å². The number of Topliss-reactive ketones (excluding diaryl/α,β-unsaturated/α-hetero) is 1. The van der Waals surface area contributed by atoms with Gasteiger partial charge in [0.1, 0.15) is 11.6 Å². The molecule has 2 aliphatic heterocycles. The molecule has 0 spiro atoms. The highest BCUT2D eigenvalue weighted by Gasteiger charge is 2.70. The maximum absolute atomic E-state index is 14.0. The first-order valence-corrected chi connectivity index (χ1v) is 11.2. The molecule has 0 aliphatic carbocycles. The van der Waals surface area contributed by atoms with Crippen LogP contribution in [0.3, 0.4) is 0 Å². The molecule has 2 fully saturated rings. The van der Waals surface area contributed by atoms with E-state index < -0.39 is 44.6 Å². The number of benzene rings is 2. The number of nitrogens with zero attached hydrogens (tertiary/aromatic N) is 1. The van der Waals surface area contributed by atoms with E-state index in [1.807, 2.05) is 0 Å². The normalized spacial score (nSPS) is 23.3. The summed E-state index contributed by atoms with van der Waals surface area (Å²) in [5, 5.41) is 0.217. The van der Waals surface area contributed by atoms with Crippen LogP contribution in [0.4, 0.5) is 4.39 Å². The minimum Gasteiger partial charge on any atom is -0.496 e. The van der Waals surface area contributed by atoms with Gasteiger partial charge in [-0.3, -0.25) is 9.59 Å². The maximum atomic E-state index is 14.0. The number of sulfone groups is 1. The molecule has 4 rings (SSSR count). The van der Waals surface area contributed by atoms with Crippen molar-refractivity contribution in [3.05, 3.63) is 57.8 Å². The van der Waals surface area contributed by atoms with Crippen molar-refractivity contribution in [2.24, 2.45) is 5.92 Å². The van der Waals surface area contributed by atoms with E-state index in [0.717, 1.165) is 11.0 Å². The van der Waals surface area contributed by atoms with Gasteiger partial charge >= 0.3 is 0 Å². The second-order valence-electron chi connectivity index (χ2n) is 7.27. The largest absolute Gasteiger partial charge is 0.496 e. The first-order valence-electron chi connectivity index (χ1n) is 8.98. The van der Waals surface area contributed by atoms with Crippen LogP contribution in [0, 0.1) is 11.7 Å². The Morgan fingerprint density at radius 3 is 2.47 bits per heavy atom. The van der Waals surface area contributed by atoms with Crippen LogP contribution >= 0.6 is 23.2 Å². The molecule has 2 unspecified atom stereocenters. The zero-order chi connectivity index (χ0) is 21.8. The predicted molar refractivity (Wildman–Crippen MR) is 108 cm³/mol. The fourth-order valence-electron chi connectivity index (χ4n) is 4.12. The number of ketones is 1. The third-order valence-corrected chi connectivity index (χ3v) is 8.53. The zero-order valence-electron chi connectivity index (χ0n) is 15.7. The summed E-state index contributed by atoms with van der Waals surface area (Å²) >= 11 is 11.6. The monoisotopic (exact) mass is 471 g/mol. The third kappa shape index (κ3) is 2.92. The van der Waals surface area contributed by atoms with E-state index >= 15 is 0 Å². The first kappa shape index (κ1) is 21.1. The van der Waals surface area contributed by atoms with Crippen molar-refractivity contribution in [1.82, 2.24) is 4.90 Å². The lowest BCUT2D eigenvalue weighted by molar-refractivity contribution is -0.150. The molecule has 2 aromatic rings. The number of rotatable bonds is 5. The molecule has 0 bridgehead atoms. The molecule has 0 aromatic heterocycles. The molecule has 1 amide bonds. The molecular weight excluding hydrogens is 456 g/mol. The van der Waals surface area contributed by atoms with Gasteiger partial charge < -0.3 is 9.64 Å². The van der Waals surface area contributed by atoms with Crippen molar-refractivity contribution in [2.75, 3.05) is 13.7 Å².